The molecule has 0 spiro atoms. The fourth-order valence-electron chi connectivity index (χ4n) is 2.49. The quantitative estimate of drug-likeness (QED) is 0.463. The number of nitrogens with one attached hydrogen (secondary N) is 2. The number of hydrogen-bond donors (Lipinski definition) is 3. The van der Waals surface area contributed by atoms with E-state index in [9.17, 15) is 22.8 Å². The molecule has 8 nitrogen and oxygen atoms in total. The minimum atomic E-state index is -3.62. The largest absolute Gasteiger partial charge is 0.347 e. The highest BCUT2D eigenvalue weighted by Gasteiger charge is 2.23. The molecule has 2 rings (SSSR count). The van der Waals surface area contributed by atoms with E-state index in [-0.39, 0.29) is 12.3 Å². The maximum Gasteiger partial charge on any atom is 0.289 e. The standard InChI is InChI=1S/C20H23N3O5S/c21-17(14-29(27,28)13-16-9-5-2-6-10-16)19(25)23-12-18(24)20(26)22-11-15-7-3-1-4-8-15/h1-10,17H,11-14,21H2,(H,22,26)(H,23,25). The van der Waals surface area contributed by atoms with Gasteiger partial charge in [0, 0.05) is 6.54 Å². The first-order chi connectivity index (χ1) is 13.8. The molecule has 2 aromatic carbocycles. The van der Waals surface area contributed by atoms with Crippen molar-refractivity contribution in [2.45, 2.75) is 18.3 Å². The molecule has 9 heteroatoms. The molecule has 0 fully saturated rings. The topological polar surface area (TPSA) is 135 Å². The summed E-state index contributed by atoms with van der Waals surface area (Å²) in [5, 5.41) is 4.66. The molecule has 29 heavy (non-hydrogen) atoms. The molecule has 1 unspecified atom stereocenters. The highest BCUT2D eigenvalue weighted by molar-refractivity contribution is 7.90. The van der Waals surface area contributed by atoms with Gasteiger partial charge in [-0.1, -0.05) is 60.7 Å². The third-order valence-corrected chi connectivity index (χ3v) is 5.61. The fraction of sp³-hybridized carbons (Fsp3) is 0.250. The zero-order valence-corrected chi connectivity index (χ0v) is 16.5. The predicted molar refractivity (Wildman–Crippen MR) is 108 cm³/mol. The molecule has 0 heterocycles. The van der Waals surface area contributed by atoms with Gasteiger partial charge in [0.25, 0.3) is 5.91 Å². The molecule has 4 N–H and O–H groups in total. The SMILES string of the molecule is NC(CS(=O)(=O)Cc1ccccc1)C(=O)NCC(=O)C(=O)NCc1ccccc1. The van der Waals surface area contributed by atoms with Gasteiger partial charge in [0.05, 0.1) is 24.1 Å². The summed E-state index contributed by atoms with van der Waals surface area (Å²) in [6, 6.07) is 16.2. The zero-order valence-electron chi connectivity index (χ0n) is 15.7. The average molecular weight is 417 g/mol. The van der Waals surface area contributed by atoms with E-state index in [4.69, 9.17) is 5.73 Å². The summed E-state index contributed by atoms with van der Waals surface area (Å²) in [6.07, 6.45) is 0. The van der Waals surface area contributed by atoms with E-state index >= 15 is 0 Å². The van der Waals surface area contributed by atoms with E-state index in [1.165, 1.54) is 0 Å². The van der Waals surface area contributed by atoms with Crippen LogP contribution in [0.4, 0.5) is 0 Å². The highest BCUT2D eigenvalue weighted by atomic mass is 32.2. The molecule has 1 atom stereocenters. The smallest absolute Gasteiger partial charge is 0.289 e. The Balaban J connectivity index is 1.76. The van der Waals surface area contributed by atoms with Crippen LogP contribution in [0.25, 0.3) is 0 Å². The number of carbonyl (C=O) groups is 3. The van der Waals surface area contributed by atoms with Crippen LogP contribution < -0.4 is 16.4 Å². The van der Waals surface area contributed by atoms with Crippen LogP contribution in [0.1, 0.15) is 11.1 Å². The number of rotatable bonds is 10. The lowest BCUT2D eigenvalue weighted by atomic mass is 10.2. The first kappa shape index (κ1) is 22.3. The Labute approximate surface area is 169 Å². The third-order valence-electron chi connectivity index (χ3n) is 3.97. The zero-order chi connectivity index (χ0) is 21.3. The van der Waals surface area contributed by atoms with Crippen molar-refractivity contribution in [2.75, 3.05) is 12.3 Å². The number of amides is 2. The molecule has 2 aromatic rings. The lowest BCUT2D eigenvalue weighted by Gasteiger charge is -2.12. The monoisotopic (exact) mass is 417 g/mol. The maximum atomic E-state index is 12.2. The Morgan fingerprint density at radius 1 is 0.862 bits per heavy atom. The Morgan fingerprint density at radius 3 is 2.00 bits per heavy atom. The number of benzene rings is 2. The number of sulfone groups is 1. The van der Waals surface area contributed by atoms with Crippen LogP contribution in [0, 0.1) is 0 Å². The Kier molecular flexibility index (Phi) is 8.05. The maximum absolute atomic E-state index is 12.2. The molecular formula is C20H23N3O5S. The van der Waals surface area contributed by atoms with E-state index in [0.29, 0.717) is 5.56 Å². The number of ketones is 1. The lowest BCUT2D eigenvalue weighted by Crippen LogP contribution is -2.48. The second kappa shape index (κ2) is 10.5. The molecule has 0 aromatic heterocycles. The molecule has 0 aliphatic carbocycles. The molecule has 2 amide bonds. The minimum Gasteiger partial charge on any atom is -0.347 e. The Hall–Kier alpha value is -3.04. The summed E-state index contributed by atoms with van der Waals surface area (Å²) in [5.41, 5.74) is 7.06. The van der Waals surface area contributed by atoms with E-state index in [1.807, 2.05) is 6.07 Å². The highest BCUT2D eigenvalue weighted by Crippen LogP contribution is 2.07. The van der Waals surface area contributed by atoms with Gasteiger partial charge >= 0.3 is 0 Å². The normalized spacial score (nSPS) is 12.0. The van der Waals surface area contributed by atoms with Gasteiger partial charge in [0.15, 0.2) is 9.84 Å². The molecule has 0 bridgehead atoms. The van der Waals surface area contributed by atoms with Crippen LogP contribution in [0.15, 0.2) is 60.7 Å². The Bertz CT molecular complexity index is 947. The van der Waals surface area contributed by atoms with E-state index in [1.54, 1.807) is 54.6 Å². The van der Waals surface area contributed by atoms with E-state index in [2.05, 4.69) is 10.6 Å². The van der Waals surface area contributed by atoms with Crippen molar-refractivity contribution in [3.8, 4) is 0 Å². The lowest BCUT2D eigenvalue weighted by molar-refractivity contribution is -0.138. The van der Waals surface area contributed by atoms with Crippen LogP contribution in [-0.4, -0.2) is 44.4 Å². The first-order valence-corrected chi connectivity index (χ1v) is 10.7. The predicted octanol–water partition coefficient (Wildman–Crippen LogP) is -0.0696. The number of hydrogen-bond acceptors (Lipinski definition) is 6. The van der Waals surface area contributed by atoms with Gasteiger partial charge in [0.2, 0.25) is 11.7 Å². The summed E-state index contributed by atoms with van der Waals surface area (Å²) in [4.78, 5) is 35.6. The fourth-order valence-corrected chi connectivity index (χ4v) is 4.01. The van der Waals surface area contributed by atoms with Crippen molar-refractivity contribution in [3.63, 3.8) is 0 Å². The van der Waals surface area contributed by atoms with Gasteiger partial charge < -0.3 is 16.4 Å². The van der Waals surface area contributed by atoms with Gasteiger partial charge in [-0.2, -0.15) is 0 Å². The summed E-state index contributed by atoms with van der Waals surface area (Å²) in [5.74, 6) is -3.32. The van der Waals surface area contributed by atoms with E-state index < -0.39 is 45.8 Å². The second-order valence-corrected chi connectivity index (χ2v) is 8.57. The van der Waals surface area contributed by atoms with Gasteiger partial charge in [0.1, 0.15) is 0 Å². The average Bonchev–Trinajstić information content (AvgIpc) is 2.70. The molecule has 0 saturated carbocycles. The van der Waals surface area contributed by atoms with Crippen molar-refractivity contribution < 1.29 is 22.8 Å². The molecule has 0 radical (unpaired) electrons. The van der Waals surface area contributed by atoms with Crippen molar-refractivity contribution in [1.29, 1.82) is 0 Å². The minimum absolute atomic E-state index is 0.177. The van der Waals surface area contributed by atoms with Crippen molar-refractivity contribution in [1.82, 2.24) is 10.6 Å². The van der Waals surface area contributed by atoms with Crippen molar-refractivity contribution >= 4 is 27.4 Å². The summed E-state index contributed by atoms with van der Waals surface area (Å²) in [6.45, 7) is -0.386. The van der Waals surface area contributed by atoms with Crippen LogP contribution in [0.5, 0.6) is 0 Å². The third kappa shape index (κ3) is 7.84. The molecule has 0 aliphatic heterocycles. The molecule has 0 saturated heterocycles. The molecule has 154 valence electrons. The van der Waals surface area contributed by atoms with E-state index in [0.717, 1.165) is 5.56 Å². The van der Waals surface area contributed by atoms with Crippen LogP contribution >= 0.6 is 0 Å². The summed E-state index contributed by atoms with van der Waals surface area (Å²) in [7, 11) is -3.62. The van der Waals surface area contributed by atoms with Crippen LogP contribution in [-0.2, 0) is 36.5 Å². The van der Waals surface area contributed by atoms with Crippen molar-refractivity contribution in [2.24, 2.45) is 5.73 Å². The molecule has 0 aliphatic rings. The summed E-state index contributed by atoms with van der Waals surface area (Å²) < 4.78 is 24.4. The Morgan fingerprint density at radius 2 is 1.41 bits per heavy atom. The van der Waals surface area contributed by atoms with Gasteiger partial charge in [-0.15, -0.1) is 0 Å². The second-order valence-electron chi connectivity index (χ2n) is 6.46. The number of carbonyl (C=O) groups excluding carboxylic acids is 3. The van der Waals surface area contributed by atoms with Gasteiger partial charge in [-0.25, -0.2) is 8.42 Å². The summed E-state index contributed by atoms with van der Waals surface area (Å²) >= 11 is 0. The van der Waals surface area contributed by atoms with Crippen LogP contribution in [0.3, 0.4) is 0 Å². The van der Waals surface area contributed by atoms with Gasteiger partial charge in [-0.3, -0.25) is 14.4 Å². The molecular weight excluding hydrogens is 394 g/mol. The number of nitrogens with two attached hydrogens (primary N) is 1. The first-order valence-electron chi connectivity index (χ1n) is 8.89. The van der Waals surface area contributed by atoms with Crippen molar-refractivity contribution in [3.05, 3.63) is 71.8 Å². The van der Waals surface area contributed by atoms with Gasteiger partial charge in [-0.05, 0) is 11.1 Å². The number of Topliss-reactive ketones (excluding diaryl/α,β-unsaturated/α-hetero) is 1. The van der Waals surface area contributed by atoms with Crippen LogP contribution in [0.2, 0.25) is 0 Å².